The van der Waals surface area contributed by atoms with Crippen molar-refractivity contribution in [1.29, 1.82) is 0 Å². The lowest BCUT2D eigenvalue weighted by atomic mass is 9.71. The van der Waals surface area contributed by atoms with Crippen molar-refractivity contribution in [2.45, 2.75) is 32.1 Å². The first kappa shape index (κ1) is 14.1. The van der Waals surface area contributed by atoms with Crippen LogP contribution in [0.15, 0.2) is 24.3 Å². The fraction of sp³-hybridized carbons (Fsp3) is 0.562. The quantitative estimate of drug-likeness (QED) is 0.783. The van der Waals surface area contributed by atoms with Gasteiger partial charge in [-0.1, -0.05) is 24.3 Å². The van der Waals surface area contributed by atoms with E-state index < -0.39 is 5.41 Å². The van der Waals surface area contributed by atoms with Crippen LogP contribution in [0.25, 0.3) is 0 Å². The number of hydrogen-bond acceptors (Lipinski definition) is 3. The number of hydrogen-bond donors (Lipinski definition) is 0. The van der Waals surface area contributed by atoms with Crippen LogP contribution in [-0.2, 0) is 14.9 Å². The Labute approximate surface area is 115 Å². The number of nitrogens with zero attached hydrogens (tertiary/aromatic N) is 1. The Morgan fingerprint density at radius 3 is 2.53 bits per heavy atom. The fourth-order valence-electron chi connectivity index (χ4n) is 2.96. The molecule has 0 atom stereocenters. The molecule has 1 aromatic carbocycles. The van der Waals surface area contributed by atoms with Gasteiger partial charge < -0.3 is 9.64 Å². The lowest BCUT2D eigenvalue weighted by Gasteiger charge is -2.39. The molecule has 3 nitrogen and oxygen atoms in total. The number of rotatable bonds is 3. The van der Waals surface area contributed by atoms with Gasteiger partial charge >= 0.3 is 5.97 Å². The molecule has 1 fully saturated rings. The zero-order valence-electron chi connectivity index (χ0n) is 12.1. The number of aryl methyl sites for hydroxylation is 1. The summed E-state index contributed by atoms with van der Waals surface area (Å²) in [5, 5.41) is 0. The standard InChI is InChI=1S/C16H23NO2/c1-4-19-15(18)16(9-11-17(3)12-10-16)14-8-6-5-7-13(14)2/h5-8H,4,9-12H2,1-3H3. The first-order chi connectivity index (χ1) is 9.10. The van der Waals surface area contributed by atoms with Gasteiger partial charge in [-0.25, -0.2) is 0 Å². The van der Waals surface area contributed by atoms with Gasteiger partial charge in [-0.05, 0) is 58.0 Å². The molecule has 0 aromatic heterocycles. The molecule has 1 aliphatic heterocycles. The van der Waals surface area contributed by atoms with Crippen LogP contribution in [0.5, 0.6) is 0 Å². The van der Waals surface area contributed by atoms with E-state index in [1.807, 2.05) is 19.1 Å². The SMILES string of the molecule is CCOC(=O)C1(c2ccccc2C)CCN(C)CC1. The Hall–Kier alpha value is -1.35. The summed E-state index contributed by atoms with van der Waals surface area (Å²) in [5.41, 5.74) is 1.87. The summed E-state index contributed by atoms with van der Waals surface area (Å²) in [7, 11) is 2.10. The molecule has 0 amide bonds. The van der Waals surface area contributed by atoms with Crippen LogP contribution in [0.3, 0.4) is 0 Å². The lowest BCUT2D eigenvalue weighted by molar-refractivity contribution is -0.152. The van der Waals surface area contributed by atoms with Gasteiger partial charge in [0.15, 0.2) is 0 Å². The topological polar surface area (TPSA) is 29.5 Å². The molecule has 3 heteroatoms. The molecule has 1 aromatic rings. The molecule has 19 heavy (non-hydrogen) atoms. The normalized spacial score (nSPS) is 19.1. The molecule has 2 rings (SSSR count). The van der Waals surface area contributed by atoms with Crippen molar-refractivity contribution in [2.75, 3.05) is 26.7 Å². The summed E-state index contributed by atoms with van der Waals surface area (Å²) in [4.78, 5) is 14.8. The molecular weight excluding hydrogens is 238 g/mol. The number of carbonyl (C=O) groups excluding carboxylic acids is 1. The highest BCUT2D eigenvalue weighted by molar-refractivity contribution is 5.84. The summed E-state index contributed by atoms with van der Waals surface area (Å²) in [6, 6.07) is 8.19. The van der Waals surface area contributed by atoms with Crippen LogP contribution in [0.1, 0.15) is 30.9 Å². The number of ether oxygens (including phenoxy) is 1. The van der Waals surface area contributed by atoms with Crippen molar-refractivity contribution < 1.29 is 9.53 Å². The van der Waals surface area contributed by atoms with Crippen LogP contribution in [0.2, 0.25) is 0 Å². The minimum Gasteiger partial charge on any atom is -0.465 e. The molecule has 1 heterocycles. The van der Waals surface area contributed by atoms with Gasteiger partial charge in [-0.3, -0.25) is 4.79 Å². The molecule has 0 saturated carbocycles. The molecule has 0 radical (unpaired) electrons. The molecule has 1 saturated heterocycles. The molecule has 0 unspecified atom stereocenters. The highest BCUT2D eigenvalue weighted by Crippen LogP contribution is 2.38. The average Bonchev–Trinajstić information content (AvgIpc) is 2.41. The van der Waals surface area contributed by atoms with Crippen LogP contribution < -0.4 is 0 Å². The molecular formula is C16H23NO2. The van der Waals surface area contributed by atoms with Crippen LogP contribution in [-0.4, -0.2) is 37.6 Å². The van der Waals surface area contributed by atoms with Crippen molar-refractivity contribution in [1.82, 2.24) is 4.90 Å². The third kappa shape index (κ3) is 2.66. The first-order valence-corrected chi connectivity index (χ1v) is 7.02. The van der Waals surface area contributed by atoms with E-state index in [0.717, 1.165) is 31.5 Å². The largest absolute Gasteiger partial charge is 0.465 e. The summed E-state index contributed by atoms with van der Waals surface area (Å²) in [6.45, 7) is 6.27. The van der Waals surface area contributed by atoms with Crippen molar-refractivity contribution in [3.8, 4) is 0 Å². The zero-order chi connectivity index (χ0) is 13.9. The third-order valence-corrected chi connectivity index (χ3v) is 4.17. The molecule has 0 aliphatic carbocycles. The number of benzene rings is 1. The van der Waals surface area contributed by atoms with Gasteiger partial charge in [0.05, 0.1) is 12.0 Å². The minimum absolute atomic E-state index is 0.0580. The molecule has 0 bridgehead atoms. The Morgan fingerprint density at radius 2 is 1.95 bits per heavy atom. The Morgan fingerprint density at radius 1 is 1.32 bits per heavy atom. The van der Waals surface area contributed by atoms with Crippen LogP contribution in [0, 0.1) is 6.92 Å². The predicted octanol–water partition coefficient (Wildman–Crippen LogP) is 2.52. The number of carbonyl (C=O) groups is 1. The van der Waals surface area contributed by atoms with Gasteiger partial charge in [0.1, 0.15) is 0 Å². The summed E-state index contributed by atoms with van der Waals surface area (Å²) in [5.74, 6) is -0.0580. The summed E-state index contributed by atoms with van der Waals surface area (Å²) < 4.78 is 5.37. The van der Waals surface area contributed by atoms with Crippen molar-refractivity contribution >= 4 is 5.97 Å². The van der Waals surface area contributed by atoms with Crippen LogP contribution in [0.4, 0.5) is 0 Å². The maximum absolute atomic E-state index is 12.5. The summed E-state index contributed by atoms with van der Waals surface area (Å²) in [6.07, 6.45) is 1.68. The Bertz CT molecular complexity index is 448. The van der Waals surface area contributed by atoms with Crippen LogP contribution >= 0.6 is 0 Å². The molecule has 104 valence electrons. The van der Waals surface area contributed by atoms with Gasteiger partial charge in [-0.2, -0.15) is 0 Å². The number of piperidine rings is 1. The first-order valence-electron chi connectivity index (χ1n) is 7.02. The van der Waals surface area contributed by atoms with Gasteiger partial charge in [0.25, 0.3) is 0 Å². The van der Waals surface area contributed by atoms with E-state index in [4.69, 9.17) is 4.74 Å². The van der Waals surface area contributed by atoms with E-state index in [1.165, 1.54) is 5.56 Å². The maximum Gasteiger partial charge on any atom is 0.316 e. The smallest absolute Gasteiger partial charge is 0.316 e. The van der Waals surface area contributed by atoms with Crippen molar-refractivity contribution in [3.63, 3.8) is 0 Å². The second-order valence-corrected chi connectivity index (χ2v) is 5.42. The van der Waals surface area contributed by atoms with E-state index in [1.54, 1.807) is 0 Å². The second-order valence-electron chi connectivity index (χ2n) is 5.42. The third-order valence-electron chi connectivity index (χ3n) is 4.17. The lowest BCUT2D eigenvalue weighted by Crippen LogP contribution is -2.47. The predicted molar refractivity (Wildman–Crippen MR) is 76.2 cm³/mol. The Kier molecular flexibility index (Phi) is 4.25. The van der Waals surface area contributed by atoms with Gasteiger partial charge in [-0.15, -0.1) is 0 Å². The Balaban J connectivity index is 2.40. The maximum atomic E-state index is 12.5. The van der Waals surface area contributed by atoms with E-state index >= 15 is 0 Å². The van der Waals surface area contributed by atoms with E-state index in [9.17, 15) is 4.79 Å². The average molecular weight is 261 g/mol. The van der Waals surface area contributed by atoms with Crippen molar-refractivity contribution in [2.24, 2.45) is 0 Å². The minimum atomic E-state index is -0.451. The summed E-state index contributed by atoms with van der Waals surface area (Å²) >= 11 is 0. The molecule has 0 spiro atoms. The highest BCUT2D eigenvalue weighted by atomic mass is 16.5. The molecule has 1 aliphatic rings. The van der Waals surface area contributed by atoms with Gasteiger partial charge in [0, 0.05) is 0 Å². The fourth-order valence-corrected chi connectivity index (χ4v) is 2.96. The zero-order valence-corrected chi connectivity index (χ0v) is 12.1. The van der Waals surface area contributed by atoms with Crippen molar-refractivity contribution in [3.05, 3.63) is 35.4 Å². The monoisotopic (exact) mass is 261 g/mol. The number of likely N-dealkylation sites (tertiary alicyclic amines) is 1. The number of esters is 1. The molecule has 0 N–H and O–H groups in total. The second kappa shape index (κ2) is 5.74. The van der Waals surface area contributed by atoms with E-state index in [0.29, 0.717) is 6.61 Å². The van der Waals surface area contributed by atoms with E-state index in [-0.39, 0.29) is 5.97 Å². The van der Waals surface area contributed by atoms with E-state index in [2.05, 4.69) is 31.0 Å². The van der Waals surface area contributed by atoms with Gasteiger partial charge in [0.2, 0.25) is 0 Å². The highest BCUT2D eigenvalue weighted by Gasteiger charge is 2.44.